The molecule has 0 saturated heterocycles. The number of hydrogen-bond donors (Lipinski definition) is 2. The fourth-order valence-electron chi connectivity index (χ4n) is 2.66. The van der Waals surface area contributed by atoms with Crippen LogP contribution in [0.15, 0.2) is 42.5 Å². The molecule has 0 radical (unpaired) electrons. The van der Waals surface area contributed by atoms with E-state index in [-0.39, 0.29) is 25.4 Å². The Morgan fingerprint density at radius 3 is 2.55 bits per heavy atom. The molecule has 0 aliphatic carbocycles. The number of esters is 1. The molecule has 9 heteroatoms. The number of rotatable bonds is 8. The standard InChI is InChI=1S/C20H20N4O4S/c1-13-23-24-20(29-13)22-17(25)10-5-11-19(27)28-12-18(26)21-16-9-4-7-14-6-2-3-8-15(14)16/h2-4,6-9H,5,10-12H2,1H3,(H,21,26)(H,22,24,25). The minimum absolute atomic E-state index is 0.0457. The van der Waals surface area contributed by atoms with Crippen molar-refractivity contribution in [3.8, 4) is 0 Å². The quantitative estimate of drug-likeness (QED) is 0.549. The average molecular weight is 412 g/mol. The maximum atomic E-state index is 12.1. The molecule has 3 rings (SSSR count). The van der Waals surface area contributed by atoms with Crippen LogP contribution in [0.1, 0.15) is 24.3 Å². The molecule has 2 aromatic carbocycles. The third-order valence-electron chi connectivity index (χ3n) is 3.99. The first-order valence-electron chi connectivity index (χ1n) is 9.04. The molecular weight excluding hydrogens is 392 g/mol. The average Bonchev–Trinajstić information content (AvgIpc) is 3.11. The Morgan fingerprint density at radius 2 is 1.76 bits per heavy atom. The van der Waals surface area contributed by atoms with Gasteiger partial charge in [0.1, 0.15) is 5.01 Å². The summed E-state index contributed by atoms with van der Waals surface area (Å²) in [5.74, 6) is -1.20. The van der Waals surface area contributed by atoms with Crippen molar-refractivity contribution in [2.75, 3.05) is 17.2 Å². The van der Waals surface area contributed by atoms with Crippen molar-refractivity contribution >= 4 is 50.7 Å². The van der Waals surface area contributed by atoms with E-state index >= 15 is 0 Å². The number of hydrogen-bond acceptors (Lipinski definition) is 7. The molecule has 0 unspecified atom stereocenters. The molecule has 0 aliphatic rings. The van der Waals surface area contributed by atoms with Gasteiger partial charge in [0.15, 0.2) is 6.61 Å². The van der Waals surface area contributed by atoms with Crippen molar-refractivity contribution in [2.24, 2.45) is 0 Å². The molecule has 1 heterocycles. The molecule has 150 valence electrons. The number of nitrogens with zero attached hydrogens (tertiary/aromatic N) is 2. The van der Waals surface area contributed by atoms with Gasteiger partial charge in [-0.25, -0.2) is 0 Å². The maximum absolute atomic E-state index is 12.1. The van der Waals surface area contributed by atoms with Crippen molar-refractivity contribution in [3.05, 3.63) is 47.5 Å². The smallest absolute Gasteiger partial charge is 0.306 e. The number of nitrogens with one attached hydrogen (secondary N) is 2. The van der Waals surface area contributed by atoms with Crippen LogP contribution < -0.4 is 10.6 Å². The molecule has 3 aromatic rings. The van der Waals surface area contributed by atoms with Crippen LogP contribution in [-0.4, -0.2) is 34.6 Å². The van der Waals surface area contributed by atoms with E-state index < -0.39 is 11.9 Å². The number of anilines is 2. The maximum Gasteiger partial charge on any atom is 0.306 e. The minimum atomic E-state index is -0.530. The van der Waals surface area contributed by atoms with Gasteiger partial charge in [-0.2, -0.15) is 0 Å². The van der Waals surface area contributed by atoms with Gasteiger partial charge >= 0.3 is 5.97 Å². The molecule has 2 amide bonds. The van der Waals surface area contributed by atoms with Gasteiger partial charge in [-0.15, -0.1) is 10.2 Å². The SMILES string of the molecule is Cc1nnc(NC(=O)CCCC(=O)OCC(=O)Nc2cccc3ccccc23)s1. The second-order valence-electron chi connectivity index (χ2n) is 6.26. The summed E-state index contributed by atoms with van der Waals surface area (Å²) in [5.41, 5.74) is 0.660. The number of benzene rings is 2. The molecule has 8 nitrogen and oxygen atoms in total. The lowest BCUT2D eigenvalue weighted by molar-refractivity contribution is -0.147. The van der Waals surface area contributed by atoms with Crippen molar-refractivity contribution in [2.45, 2.75) is 26.2 Å². The zero-order valence-corrected chi connectivity index (χ0v) is 16.6. The van der Waals surface area contributed by atoms with E-state index in [1.54, 1.807) is 13.0 Å². The highest BCUT2D eigenvalue weighted by Crippen LogP contribution is 2.22. The van der Waals surface area contributed by atoms with Crippen LogP contribution in [0.3, 0.4) is 0 Å². The second-order valence-corrected chi connectivity index (χ2v) is 7.45. The summed E-state index contributed by atoms with van der Waals surface area (Å²) in [6.07, 6.45) is 0.507. The Hall–Kier alpha value is -3.33. The Bertz CT molecular complexity index is 1030. The van der Waals surface area contributed by atoms with E-state index in [0.717, 1.165) is 15.8 Å². The van der Waals surface area contributed by atoms with Gasteiger partial charge in [-0.1, -0.05) is 47.7 Å². The molecular formula is C20H20N4O4S. The lowest BCUT2D eigenvalue weighted by Crippen LogP contribution is -2.21. The first kappa shape index (κ1) is 20.4. The normalized spacial score (nSPS) is 10.5. The first-order valence-corrected chi connectivity index (χ1v) is 9.86. The van der Waals surface area contributed by atoms with Crippen molar-refractivity contribution in [3.63, 3.8) is 0 Å². The molecule has 29 heavy (non-hydrogen) atoms. The number of carbonyl (C=O) groups is 3. The van der Waals surface area contributed by atoms with Crippen LogP contribution >= 0.6 is 11.3 Å². The minimum Gasteiger partial charge on any atom is -0.456 e. The molecule has 0 saturated carbocycles. The highest BCUT2D eigenvalue weighted by molar-refractivity contribution is 7.15. The van der Waals surface area contributed by atoms with Gasteiger partial charge < -0.3 is 15.4 Å². The number of aryl methyl sites for hydroxylation is 1. The van der Waals surface area contributed by atoms with Gasteiger partial charge in [-0.3, -0.25) is 14.4 Å². The molecule has 0 spiro atoms. The Morgan fingerprint density at radius 1 is 0.966 bits per heavy atom. The molecule has 0 atom stereocenters. The predicted octanol–water partition coefficient (Wildman–Crippen LogP) is 3.29. The lowest BCUT2D eigenvalue weighted by atomic mass is 10.1. The van der Waals surface area contributed by atoms with E-state index in [1.807, 2.05) is 36.4 Å². The number of carbonyl (C=O) groups excluding carboxylic acids is 3. The van der Waals surface area contributed by atoms with E-state index in [0.29, 0.717) is 17.2 Å². The zero-order valence-electron chi connectivity index (χ0n) is 15.8. The van der Waals surface area contributed by atoms with Crippen LogP contribution in [0.4, 0.5) is 10.8 Å². The van der Waals surface area contributed by atoms with Crippen LogP contribution in [-0.2, 0) is 19.1 Å². The van der Waals surface area contributed by atoms with Crippen molar-refractivity contribution in [1.29, 1.82) is 0 Å². The van der Waals surface area contributed by atoms with Gasteiger partial charge in [-0.05, 0) is 24.8 Å². The Labute approximate surface area is 171 Å². The summed E-state index contributed by atoms with van der Waals surface area (Å²) >= 11 is 1.28. The van der Waals surface area contributed by atoms with Gasteiger partial charge in [0.2, 0.25) is 11.0 Å². The largest absolute Gasteiger partial charge is 0.456 e. The summed E-state index contributed by atoms with van der Waals surface area (Å²) in [6.45, 7) is 1.41. The molecule has 0 fully saturated rings. The second kappa shape index (κ2) is 9.74. The third kappa shape index (κ3) is 6.08. The fourth-order valence-corrected chi connectivity index (χ4v) is 3.27. The number of aromatic nitrogens is 2. The van der Waals surface area contributed by atoms with Crippen LogP contribution in [0, 0.1) is 6.92 Å². The molecule has 0 aliphatic heterocycles. The topological polar surface area (TPSA) is 110 Å². The van der Waals surface area contributed by atoms with Gasteiger partial charge in [0, 0.05) is 23.9 Å². The lowest BCUT2D eigenvalue weighted by Gasteiger charge is -2.09. The van der Waals surface area contributed by atoms with Crippen LogP contribution in [0.5, 0.6) is 0 Å². The van der Waals surface area contributed by atoms with Crippen molar-refractivity contribution in [1.82, 2.24) is 10.2 Å². The van der Waals surface area contributed by atoms with Gasteiger partial charge in [0.25, 0.3) is 5.91 Å². The number of fused-ring (bicyclic) bond motifs is 1. The Balaban J connectivity index is 1.37. The van der Waals surface area contributed by atoms with E-state index in [2.05, 4.69) is 20.8 Å². The van der Waals surface area contributed by atoms with Crippen LogP contribution in [0.2, 0.25) is 0 Å². The summed E-state index contributed by atoms with van der Waals surface area (Å²) in [6, 6.07) is 13.3. The molecule has 1 aromatic heterocycles. The predicted molar refractivity (Wildman–Crippen MR) is 111 cm³/mol. The summed E-state index contributed by atoms with van der Waals surface area (Å²) in [4.78, 5) is 35.7. The monoisotopic (exact) mass is 412 g/mol. The van der Waals surface area contributed by atoms with Crippen LogP contribution in [0.25, 0.3) is 10.8 Å². The Kier molecular flexibility index (Phi) is 6.85. The zero-order chi connectivity index (χ0) is 20.6. The summed E-state index contributed by atoms with van der Waals surface area (Å²) < 4.78 is 4.99. The summed E-state index contributed by atoms with van der Waals surface area (Å²) in [5, 5.41) is 16.1. The van der Waals surface area contributed by atoms with Crippen molar-refractivity contribution < 1.29 is 19.1 Å². The number of ether oxygens (including phenoxy) is 1. The third-order valence-corrected chi connectivity index (χ3v) is 4.74. The molecule has 0 bridgehead atoms. The van der Waals surface area contributed by atoms with Gasteiger partial charge in [0.05, 0.1) is 0 Å². The molecule has 2 N–H and O–H groups in total. The highest BCUT2D eigenvalue weighted by Gasteiger charge is 2.11. The fraction of sp³-hybridized carbons (Fsp3) is 0.250. The first-order chi connectivity index (χ1) is 14.0. The van der Waals surface area contributed by atoms with E-state index in [4.69, 9.17) is 4.74 Å². The number of amides is 2. The van der Waals surface area contributed by atoms with E-state index in [1.165, 1.54) is 11.3 Å². The highest BCUT2D eigenvalue weighted by atomic mass is 32.1. The summed E-state index contributed by atoms with van der Waals surface area (Å²) in [7, 11) is 0. The van der Waals surface area contributed by atoms with E-state index in [9.17, 15) is 14.4 Å².